The van der Waals surface area contributed by atoms with Crippen molar-refractivity contribution in [1.29, 1.82) is 0 Å². The van der Waals surface area contributed by atoms with E-state index in [1.165, 1.54) is 0 Å². The predicted octanol–water partition coefficient (Wildman–Crippen LogP) is 0.559. The molecule has 0 bridgehead atoms. The molecular weight excluding hydrogens is 433 g/mol. The molecule has 6 nitrogen and oxygen atoms in total. The minimum atomic E-state index is -3.58. The standard InChI is InChI=1S/3CH4.2Mn.H2O2.2H2O.2O.4Ti/c;;;;;1-2;;;;;;;;/h3*1H4;;;1-2H;2*1H2;;;;;;/q;;;;+2;;;;;;;;;+2/p-2. The molecule has 0 aliphatic heterocycles. The fourth-order valence-electron chi connectivity index (χ4n) is 0. The second kappa shape index (κ2) is 115. The molecule has 0 amide bonds. The minimum absolute atomic E-state index is 0. The molecule has 0 heterocycles. The van der Waals surface area contributed by atoms with E-state index >= 15 is 0 Å². The Labute approximate surface area is 161 Å². The van der Waals surface area contributed by atoms with Crippen LogP contribution in [-0.2, 0) is 123 Å². The van der Waals surface area contributed by atoms with Crippen LogP contribution in [0, 0.1) is 0 Å². The van der Waals surface area contributed by atoms with Crippen LogP contribution >= 0.6 is 0 Å². The third-order valence-electron chi connectivity index (χ3n) is 0. The topological polar surface area (TPSA) is 115 Å². The van der Waals surface area contributed by atoms with Gasteiger partial charge in [-0.25, -0.2) is 0 Å². The molecule has 0 rings (SSSR count). The molecule has 0 unspecified atom stereocenters. The number of rotatable bonds is 0. The van der Waals surface area contributed by atoms with Crippen LogP contribution in [0.3, 0.4) is 0 Å². The fraction of sp³-hybridized carbons (Fsp3) is 1.00. The van der Waals surface area contributed by atoms with Crippen molar-refractivity contribution in [3.8, 4) is 0 Å². The van der Waals surface area contributed by atoms with E-state index in [1.807, 2.05) is 0 Å². The van der Waals surface area contributed by atoms with Gasteiger partial charge < -0.3 is 0 Å². The number of hydrogen-bond acceptors (Lipinski definition) is 4. The van der Waals surface area contributed by atoms with E-state index in [4.69, 9.17) is 24.5 Å². The van der Waals surface area contributed by atoms with Gasteiger partial charge in [-0.15, -0.1) is 0 Å². The quantitative estimate of drug-likeness (QED) is 0.244. The van der Waals surface area contributed by atoms with E-state index in [9.17, 15) is 0 Å². The molecule has 12 heteroatoms. The molecule has 0 fully saturated rings. The monoisotopic (exact) mass is 450 g/mol. The Kier molecular flexibility index (Phi) is 609. The molecule has 2 radical (unpaired) electrons. The van der Waals surface area contributed by atoms with E-state index in [1.54, 1.807) is 0 Å². The van der Waals surface area contributed by atoms with Crippen LogP contribution in [0.25, 0.3) is 0 Å². The Hall–Kier alpha value is 3.34. The first kappa shape index (κ1) is 79.3. The zero-order valence-corrected chi connectivity index (χ0v) is 14.0. The van der Waals surface area contributed by atoms with Crippen LogP contribution in [0.2, 0.25) is 0 Å². The molecule has 92 valence electrons. The van der Waals surface area contributed by atoms with Crippen molar-refractivity contribution in [3.63, 3.8) is 0 Å². The molecule has 0 aliphatic carbocycles. The summed E-state index contributed by atoms with van der Waals surface area (Å²) in [6, 6.07) is 0. The van der Waals surface area contributed by atoms with Gasteiger partial charge in [0.1, 0.15) is 0 Å². The van der Waals surface area contributed by atoms with Crippen LogP contribution in [0.4, 0.5) is 0 Å². The van der Waals surface area contributed by atoms with Crippen LogP contribution in [-0.4, -0.2) is 17.9 Å². The van der Waals surface area contributed by atoms with E-state index in [-0.39, 0.29) is 99.9 Å². The molecule has 0 atom stereocenters. The van der Waals surface area contributed by atoms with Gasteiger partial charge >= 0.3 is 70.1 Å². The fourth-order valence-corrected chi connectivity index (χ4v) is 0. The van der Waals surface area contributed by atoms with Gasteiger partial charge in [0.15, 0.2) is 0 Å². The van der Waals surface area contributed by atoms with Crippen molar-refractivity contribution in [2.45, 2.75) is 22.3 Å². The van der Waals surface area contributed by atoms with Crippen molar-refractivity contribution >= 4 is 0 Å². The molecule has 4 N–H and O–H groups in total. The summed E-state index contributed by atoms with van der Waals surface area (Å²) >= 11 is -2.83. The first-order chi connectivity index (χ1) is 3.73. The molecule has 15 heavy (non-hydrogen) atoms. The van der Waals surface area contributed by atoms with Gasteiger partial charge in [-0.3, -0.25) is 10.5 Å². The van der Waals surface area contributed by atoms with Crippen molar-refractivity contribution < 1.29 is 141 Å². The summed E-state index contributed by atoms with van der Waals surface area (Å²) in [5.41, 5.74) is 0. The van der Waals surface area contributed by atoms with E-state index in [0.29, 0.717) is 0 Å². The maximum absolute atomic E-state index is 8.81. The molecule has 0 aromatic rings. The van der Waals surface area contributed by atoms with E-state index in [0.717, 1.165) is 20.4 Å². The smallest absolute Gasteiger partial charge is 0 e. The summed E-state index contributed by atoms with van der Waals surface area (Å²) in [5.74, 6) is 0. The van der Waals surface area contributed by atoms with Gasteiger partial charge in [0, 0.05) is 60.5 Å². The maximum atomic E-state index is 8.81. The van der Waals surface area contributed by atoms with Gasteiger partial charge in [0.25, 0.3) is 0 Å². The molecule has 0 saturated heterocycles. The zero-order chi connectivity index (χ0) is 7.58. The summed E-state index contributed by atoms with van der Waals surface area (Å²) in [6.07, 6.45) is 0. The van der Waals surface area contributed by atoms with Gasteiger partial charge in [0.05, 0.1) is 0 Å². The van der Waals surface area contributed by atoms with Gasteiger partial charge in [-0.05, 0) is 0 Å². The third-order valence-corrected chi connectivity index (χ3v) is 0. The van der Waals surface area contributed by atoms with Crippen LogP contribution in [0.15, 0.2) is 0 Å². The largest absolute Gasteiger partial charge is 0 e. The van der Waals surface area contributed by atoms with Crippen LogP contribution in [0.5, 0.6) is 0 Å². The molecule has 0 aromatic heterocycles. The Morgan fingerprint density at radius 1 is 0.867 bits per heavy atom. The summed E-state index contributed by atoms with van der Waals surface area (Å²) < 4.78 is 31.5. The Morgan fingerprint density at radius 3 is 0.867 bits per heavy atom. The summed E-state index contributed by atoms with van der Waals surface area (Å²) in [7, 11) is 0. The van der Waals surface area contributed by atoms with Gasteiger partial charge in [0.2, 0.25) is 0 Å². The first-order valence-electron chi connectivity index (χ1n) is 1.06. The van der Waals surface area contributed by atoms with Crippen molar-refractivity contribution in [1.82, 2.24) is 0 Å². The number of hydrogen-bond donors (Lipinski definition) is 4. The Bertz CT molecular complexity index is 59.6. The minimum Gasteiger partial charge on any atom is 0 e. The maximum Gasteiger partial charge on any atom is 0 e. The molecule has 0 aliphatic rings. The van der Waals surface area contributed by atoms with E-state index < -0.39 is 18.6 Å². The second-order valence-electron chi connectivity index (χ2n) is 0.283. The predicted molar refractivity (Wildman–Crippen MR) is 31.3 cm³/mol. The van der Waals surface area contributed by atoms with Crippen LogP contribution < -0.4 is 0 Å². The zero-order valence-electron chi connectivity index (χ0n) is 5.36. The van der Waals surface area contributed by atoms with Gasteiger partial charge in [-0.2, -0.15) is 0 Å². The third kappa shape index (κ3) is 366. The average molecular weight is 449 g/mol. The summed E-state index contributed by atoms with van der Waals surface area (Å²) in [4.78, 5) is 0. The van der Waals surface area contributed by atoms with Crippen LogP contribution in [0.1, 0.15) is 22.3 Å². The van der Waals surface area contributed by atoms with Crippen molar-refractivity contribution in [2.24, 2.45) is 0 Å². The van der Waals surface area contributed by atoms with Crippen molar-refractivity contribution in [2.75, 3.05) is 0 Å². The molecular formula is C3H16Mn2O6Ti4+2. The Morgan fingerprint density at radius 2 is 0.867 bits per heavy atom. The normalized spacial score (nSPS) is 2.33. The first-order valence-corrected chi connectivity index (χ1v) is 3.73. The second-order valence-corrected chi connectivity index (χ2v) is 1.17. The summed E-state index contributed by atoms with van der Waals surface area (Å²) in [5, 5.41) is 12.0. The van der Waals surface area contributed by atoms with Crippen molar-refractivity contribution in [3.05, 3.63) is 0 Å². The van der Waals surface area contributed by atoms with Gasteiger partial charge in [-0.1, -0.05) is 22.3 Å². The average Bonchev–Trinajstić information content (AvgIpc) is 1.75. The molecule has 0 aromatic carbocycles. The molecule has 0 spiro atoms. The van der Waals surface area contributed by atoms with E-state index in [2.05, 4.69) is 0 Å². The molecule has 0 saturated carbocycles. The summed E-state index contributed by atoms with van der Waals surface area (Å²) in [6.45, 7) is 0. The SMILES string of the molecule is C.C.C.OO.[Mn+2].[Mn].[O]=[Ti].[O]=[Ti]([OH])[OH].[Ti].[Ti]. The Balaban J connectivity index is -0.00000000267.